The predicted octanol–water partition coefficient (Wildman–Crippen LogP) is 4.51. The highest BCUT2D eigenvalue weighted by atomic mass is 19.2. The minimum atomic E-state index is -1.71. The lowest BCUT2D eigenvalue weighted by molar-refractivity contribution is -0.123. The average molecular weight is 451 g/mol. The summed E-state index contributed by atoms with van der Waals surface area (Å²) in [6, 6.07) is 12.1. The molecule has 2 heterocycles. The molecule has 7 nitrogen and oxygen atoms in total. The molecule has 0 saturated carbocycles. The molecule has 2 amide bonds. The van der Waals surface area contributed by atoms with Crippen molar-refractivity contribution >= 4 is 46.2 Å². The Hall–Kier alpha value is -4.47. The summed E-state index contributed by atoms with van der Waals surface area (Å²) in [7, 11) is 0. The predicted molar refractivity (Wildman–Crippen MR) is 117 cm³/mol. The Kier molecular flexibility index (Phi) is 6.16. The van der Waals surface area contributed by atoms with Crippen LogP contribution in [0.2, 0.25) is 0 Å². The summed E-state index contributed by atoms with van der Waals surface area (Å²) in [6.45, 7) is 0. The number of carbonyl (C=O) groups is 2. The lowest BCUT2D eigenvalue weighted by atomic mass is 10.1. The number of nitrogens with zero attached hydrogens (tertiary/aromatic N) is 2. The summed E-state index contributed by atoms with van der Waals surface area (Å²) in [5.74, 6) is -6.19. The quantitative estimate of drug-likeness (QED) is 0.297. The van der Waals surface area contributed by atoms with Gasteiger partial charge in [0.25, 0.3) is 0 Å². The Morgan fingerprint density at radius 1 is 0.939 bits per heavy atom. The van der Waals surface area contributed by atoms with Crippen molar-refractivity contribution in [2.75, 3.05) is 10.6 Å². The van der Waals surface area contributed by atoms with Gasteiger partial charge in [-0.15, -0.1) is 0 Å². The summed E-state index contributed by atoms with van der Waals surface area (Å²) in [4.78, 5) is 28.4. The Bertz CT molecular complexity index is 1370. The number of hydrogen-bond acceptors (Lipinski definition) is 4. The van der Waals surface area contributed by atoms with Crippen molar-refractivity contribution in [2.45, 2.75) is 6.42 Å². The average Bonchev–Trinajstić information content (AvgIpc) is 3.21. The zero-order valence-corrected chi connectivity index (χ0v) is 16.9. The van der Waals surface area contributed by atoms with Crippen LogP contribution in [0.4, 0.5) is 24.5 Å². The second-order valence-corrected chi connectivity index (χ2v) is 6.95. The first-order valence-electron chi connectivity index (χ1n) is 9.71. The lowest BCUT2D eigenvalue weighted by Crippen LogP contribution is -2.22. The standard InChI is InChI=1S/C23H16F3N5O2/c24-16-7-9-18(23(26)22(16)25)29-21(33)12-20(32)28-14-4-6-15-17(30-31-19(15)11-14)8-5-13-3-1-2-10-27-13/h1-11H,12H2,(H,28,32)(H,29,33)(H,30,31)/b8-5+. The number of nitrogens with one attached hydrogen (secondary N) is 3. The van der Waals surface area contributed by atoms with Crippen LogP contribution in [-0.4, -0.2) is 27.0 Å². The van der Waals surface area contributed by atoms with Crippen molar-refractivity contribution in [1.82, 2.24) is 15.2 Å². The number of halogens is 3. The van der Waals surface area contributed by atoms with Gasteiger partial charge in [0, 0.05) is 17.3 Å². The van der Waals surface area contributed by atoms with Gasteiger partial charge >= 0.3 is 0 Å². The smallest absolute Gasteiger partial charge is 0.233 e. The van der Waals surface area contributed by atoms with Gasteiger partial charge < -0.3 is 10.6 Å². The van der Waals surface area contributed by atoms with Crippen molar-refractivity contribution in [1.29, 1.82) is 0 Å². The number of anilines is 2. The molecule has 4 rings (SSSR count). The van der Waals surface area contributed by atoms with Crippen LogP contribution in [0.1, 0.15) is 17.8 Å². The molecule has 0 unspecified atom stereocenters. The second kappa shape index (κ2) is 9.35. The highest BCUT2D eigenvalue weighted by Gasteiger charge is 2.17. The number of benzene rings is 2. The maximum Gasteiger partial charge on any atom is 0.233 e. The van der Waals surface area contributed by atoms with Gasteiger partial charge in [0.05, 0.1) is 22.6 Å². The third-order valence-corrected chi connectivity index (χ3v) is 4.61. The van der Waals surface area contributed by atoms with Crippen molar-refractivity contribution in [3.05, 3.63) is 83.6 Å². The van der Waals surface area contributed by atoms with E-state index >= 15 is 0 Å². The molecule has 33 heavy (non-hydrogen) atoms. The van der Waals surface area contributed by atoms with Gasteiger partial charge in [0.1, 0.15) is 6.42 Å². The summed E-state index contributed by atoms with van der Waals surface area (Å²) in [5, 5.41) is 12.5. The van der Waals surface area contributed by atoms with Gasteiger partial charge in [-0.3, -0.25) is 19.7 Å². The minimum Gasteiger partial charge on any atom is -0.326 e. The van der Waals surface area contributed by atoms with Gasteiger partial charge in [0.2, 0.25) is 11.8 Å². The first-order chi connectivity index (χ1) is 15.9. The highest BCUT2D eigenvalue weighted by molar-refractivity contribution is 6.08. The van der Waals surface area contributed by atoms with Crippen LogP contribution in [0.15, 0.2) is 54.7 Å². The molecule has 2 aromatic heterocycles. The molecule has 3 N–H and O–H groups in total. The van der Waals surface area contributed by atoms with E-state index in [0.29, 0.717) is 23.0 Å². The third-order valence-electron chi connectivity index (χ3n) is 4.61. The molecule has 0 aliphatic rings. The maximum absolute atomic E-state index is 13.7. The van der Waals surface area contributed by atoms with Crippen LogP contribution in [0.3, 0.4) is 0 Å². The molecule has 10 heteroatoms. The number of amides is 2. The van der Waals surface area contributed by atoms with E-state index in [9.17, 15) is 22.8 Å². The van der Waals surface area contributed by atoms with E-state index in [1.54, 1.807) is 30.5 Å². The van der Waals surface area contributed by atoms with Crippen LogP contribution in [-0.2, 0) is 9.59 Å². The van der Waals surface area contributed by atoms with Gasteiger partial charge in [-0.05, 0) is 54.6 Å². The van der Waals surface area contributed by atoms with E-state index in [1.807, 2.05) is 29.6 Å². The van der Waals surface area contributed by atoms with Crippen LogP contribution in [0.5, 0.6) is 0 Å². The van der Waals surface area contributed by atoms with Crippen molar-refractivity contribution in [3.8, 4) is 0 Å². The van der Waals surface area contributed by atoms with Gasteiger partial charge in [-0.1, -0.05) is 6.07 Å². The van der Waals surface area contributed by atoms with E-state index < -0.39 is 41.4 Å². The molecule has 0 saturated heterocycles. The van der Waals surface area contributed by atoms with E-state index in [2.05, 4.69) is 20.5 Å². The van der Waals surface area contributed by atoms with Crippen LogP contribution in [0.25, 0.3) is 23.1 Å². The van der Waals surface area contributed by atoms with E-state index in [4.69, 9.17) is 0 Å². The van der Waals surface area contributed by atoms with Crippen LogP contribution >= 0.6 is 0 Å². The molecule has 0 atom stereocenters. The number of carbonyl (C=O) groups excluding carboxylic acids is 2. The van der Waals surface area contributed by atoms with Gasteiger partial charge in [-0.25, -0.2) is 13.2 Å². The number of rotatable bonds is 6. The monoisotopic (exact) mass is 451 g/mol. The van der Waals surface area contributed by atoms with Crippen molar-refractivity contribution < 1.29 is 22.8 Å². The molecule has 0 aliphatic heterocycles. The molecule has 0 spiro atoms. The highest BCUT2D eigenvalue weighted by Crippen LogP contribution is 2.22. The van der Waals surface area contributed by atoms with Crippen molar-refractivity contribution in [3.63, 3.8) is 0 Å². The number of aromatic amines is 1. The fraction of sp³-hybridized carbons (Fsp3) is 0.0435. The number of hydrogen-bond donors (Lipinski definition) is 3. The SMILES string of the molecule is O=C(CC(=O)Nc1ccc(F)c(F)c1F)Nc1ccc2c(/C=C/c3ccccn3)n[nH]c2c1. The summed E-state index contributed by atoms with van der Waals surface area (Å²) in [6.07, 6.45) is 4.66. The van der Waals surface area contributed by atoms with Gasteiger partial charge in [0.15, 0.2) is 17.5 Å². The van der Waals surface area contributed by atoms with E-state index in [0.717, 1.165) is 17.1 Å². The summed E-state index contributed by atoms with van der Waals surface area (Å²) in [5.41, 5.74) is 1.96. The Morgan fingerprint density at radius 3 is 2.55 bits per heavy atom. The van der Waals surface area contributed by atoms with Crippen molar-refractivity contribution in [2.24, 2.45) is 0 Å². The molecular weight excluding hydrogens is 435 g/mol. The third kappa shape index (κ3) is 5.06. The summed E-state index contributed by atoms with van der Waals surface area (Å²) < 4.78 is 39.9. The first kappa shape index (κ1) is 21.8. The lowest BCUT2D eigenvalue weighted by Gasteiger charge is -2.08. The maximum atomic E-state index is 13.7. The fourth-order valence-corrected chi connectivity index (χ4v) is 3.05. The van der Waals surface area contributed by atoms with E-state index in [1.165, 1.54) is 0 Å². The normalized spacial score (nSPS) is 11.1. The molecule has 0 bridgehead atoms. The van der Waals surface area contributed by atoms with E-state index in [-0.39, 0.29) is 0 Å². The topological polar surface area (TPSA) is 99.8 Å². The second-order valence-electron chi connectivity index (χ2n) is 6.95. The first-order valence-corrected chi connectivity index (χ1v) is 9.71. The zero-order chi connectivity index (χ0) is 23.4. The number of pyridine rings is 1. The summed E-state index contributed by atoms with van der Waals surface area (Å²) >= 11 is 0. The molecule has 2 aromatic carbocycles. The molecule has 4 aromatic rings. The zero-order valence-electron chi connectivity index (χ0n) is 16.9. The minimum absolute atomic E-state index is 0.406. The Labute approximate surface area is 185 Å². The number of aromatic nitrogens is 3. The molecule has 0 fully saturated rings. The number of H-pyrrole nitrogens is 1. The van der Waals surface area contributed by atoms with Crippen LogP contribution in [0, 0.1) is 17.5 Å². The Morgan fingerprint density at radius 2 is 1.76 bits per heavy atom. The van der Waals surface area contributed by atoms with Gasteiger partial charge in [-0.2, -0.15) is 5.10 Å². The molecule has 166 valence electrons. The molecular formula is C23H16F3N5O2. The largest absolute Gasteiger partial charge is 0.326 e. The Balaban J connectivity index is 1.39. The molecule has 0 aliphatic carbocycles. The van der Waals surface area contributed by atoms with Crippen LogP contribution < -0.4 is 10.6 Å². The molecule has 0 radical (unpaired) electrons. The number of fused-ring (bicyclic) bond motifs is 1. The fourth-order valence-electron chi connectivity index (χ4n) is 3.05.